The van der Waals surface area contributed by atoms with Crippen molar-refractivity contribution in [2.24, 2.45) is 5.92 Å². The van der Waals surface area contributed by atoms with Crippen molar-refractivity contribution in [3.8, 4) is 0 Å². The van der Waals surface area contributed by atoms with E-state index in [4.69, 9.17) is 0 Å². The molecule has 4 aliphatic heterocycles. The van der Waals surface area contributed by atoms with Crippen molar-refractivity contribution in [1.29, 1.82) is 0 Å². The largest absolute Gasteiger partial charge is 0.300 e. The van der Waals surface area contributed by atoms with Crippen molar-refractivity contribution in [2.75, 3.05) is 39.3 Å². The maximum atomic E-state index is 13.5. The number of carbonyl (C=O) groups excluding carboxylic acids is 1. The molecule has 3 nitrogen and oxygen atoms in total. The van der Waals surface area contributed by atoms with Gasteiger partial charge in [0, 0.05) is 45.2 Å². The fraction of sp³-hybridized carbons (Fsp3) is 0.533. The number of ketones is 1. The quantitative estimate of drug-likeness (QED) is 0.749. The molecule has 0 saturated carbocycles. The van der Waals surface area contributed by atoms with Gasteiger partial charge in [-0.25, -0.2) is 4.39 Å². The molecule has 5 rings (SSSR count). The predicted molar refractivity (Wildman–Crippen MR) is 69.5 cm³/mol. The van der Waals surface area contributed by atoms with Crippen LogP contribution in [-0.4, -0.2) is 54.9 Å². The summed E-state index contributed by atoms with van der Waals surface area (Å²) in [6.45, 7) is 5.32. The molecule has 4 bridgehead atoms. The molecule has 0 aromatic heterocycles. The lowest BCUT2D eigenvalue weighted by atomic mass is 9.67. The minimum Gasteiger partial charge on any atom is -0.300 e. The number of nitrogens with zero attached hydrogens (tertiary/aromatic N) is 2. The molecule has 2 unspecified atom stereocenters. The molecule has 0 N–H and O–H groups in total. The SMILES string of the molecule is O=C1C2CN3CCN(C2)CC1(c1cccc(F)c1)C3. The third-order valence-electron chi connectivity index (χ3n) is 4.90. The number of fused-ring (bicyclic) bond motifs is 1. The molecule has 4 heterocycles. The molecule has 4 heteroatoms. The second-order valence-electron chi connectivity index (χ2n) is 6.12. The standard InChI is InChI=1S/C15H17FN2O/c16-13-3-1-2-12(6-13)15-9-17-4-5-18(10-15)8-11(7-17)14(15)19/h1-3,6,11H,4-5,7-10H2. The predicted octanol–water partition coefficient (Wildman–Crippen LogP) is 0.894. The first kappa shape index (κ1) is 11.6. The summed E-state index contributed by atoms with van der Waals surface area (Å²) in [5.41, 5.74) is 0.360. The van der Waals surface area contributed by atoms with Gasteiger partial charge in [-0.3, -0.25) is 14.6 Å². The van der Waals surface area contributed by atoms with E-state index in [0.29, 0.717) is 5.78 Å². The maximum absolute atomic E-state index is 13.5. The summed E-state index contributed by atoms with van der Waals surface area (Å²) >= 11 is 0. The monoisotopic (exact) mass is 260 g/mol. The lowest BCUT2D eigenvalue weighted by Crippen LogP contribution is -2.63. The molecule has 1 aromatic carbocycles. The van der Waals surface area contributed by atoms with E-state index in [2.05, 4.69) is 9.80 Å². The molecule has 0 spiro atoms. The molecule has 0 aliphatic carbocycles. The first-order chi connectivity index (χ1) is 9.17. The van der Waals surface area contributed by atoms with Crippen molar-refractivity contribution < 1.29 is 9.18 Å². The van der Waals surface area contributed by atoms with E-state index in [1.54, 1.807) is 12.1 Å². The minimum absolute atomic E-state index is 0.105. The van der Waals surface area contributed by atoms with E-state index >= 15 is 0 Å². The van der Waals surface area contributed by atoms with E-state index in [-0.39, 0.29) is 11.7 Å². The molecule has 2 atom stereocenters. The van der Waals surface area contributed by atoms with E-state index in [9.17, 15) is 9.18 Å². The molecule has 4 fully saturated rings. The Hall–Kier alpha value is -1.26. The van der Waals surface area contributed by atoms with E-state index in [1.165, 1.54) is 6.07 Å². The normalized spacial score (nSPS) is 40.5. The van der Waals surface area contributed by atoms with Gasteiger partial charge < -0.3 is 0 Å². The summed E-state index contributed by atoms with van der Waals surface area (Å²) < 4.78 is 13.5. The Morgan fingerprint density at radius 3 is 2.47 bits per heavy atom. The van der Waals surface area contributed by atoms with Crippen LogP contribution in [0.25, 0.3) is 0 Å². The summed E-state index contributed by atoms with van der Waals surface area (Å²) in [4.78, 5) is 17.5. The minimum atomic E-state index is -0.500. The summed E-state index contributed by atoms with van der Waals surface area (Å²) in [6.07, 6.45) is 0. The molecule has 4 saturated heterocycles. The number of hydrogen-bond donors (Lipinski definition) is 0. The van der Waals surface area contributed by atoms with Crippen molar-refractivity contribution >= 4 is 5.78 Å². The van der Waals surface area contributed by atoms with Crippen molar-refractivity contribution in [3.63, 3.8) is 0 Å². The number of hydrogen-bond acceptors (Lipinski definition) is 3. The van der Waals surface area contributed by atoms with Gasteiger partial charge in [-0.2, -0.15) is 0 Å². The van der Waals surface area contributed by atoms with E-state index in [0.717, 1.165) is 44.8 Å². The highest BCUT2D eigenvalue weighted by atomic mass is 19.1. The average Bonchev–Trinajstić information content (AvgIpc) is 2.64. The van der Waals surface area contributed by atoms with Gasteiger partial charge in [0.2, 0.25) is 0 Å². The number of rotatable bonds is 1. The summed E-state index contributed by atoms with van der Waals surface area (Å²) in [7, 11) is 0. The molecule has 4 aliphatic rings. The van der Waals surface area contributed by atoms with Crippen molar-refractivity contribution in [1.82, 2.24) is 9.80 Å². The Labute approximate surface area is 112 Å². The summed E-state index contributed by atoms with van der Waals surface area (Å²) in [5.74, 6) is 0.186. The van der Waals surface area contributed by atoms with Gasteiger partial charge in [0.05, 0.1) is 5.41 Å². The molecule has 19 heavy (non-hydrogen) atoms. The maximum Gasteiger partial charge on any atom is 0.151 e. The highest BCUT2D eigenvalue weighted by Gasteiger charge is 2.54. The van der Waals surface area contributed by atoms with Crippen molar-refractivity contribution in [3.05, 3.63) is 35.6 Å². The molecular formula is C15H17FN2O. The van der Waals surface area contributed by atoms with Gasteiger partial charge in [-0.05, 0) is 17.7 Å². The topological polar surface area (TPSA) is 23.6 Å². The first-order valence-corrected chi connectivity index (χ1v) is 6.92. The van der Waals surface area contributed by atoms with Gasteiger partial charge in [0.25, 0.3) is 0 Å². The van der Waals surface area contributed by atoms with Crippen LogP contribution >= 0.6 is 0 Å². The van der Waals surface area contributed by atoms with Crippen LogP contribution in [0.15, 0.2) is 24.3 Å². The van der Waals surface area contributed by atoms with Crippen LogP contribution in [0.3, 0.4) is 0 Å². The lowest BCUT2D eigenvalue weighted by Gasteiger charge is -2.48. The number of carbonyl (C=O) groups is 1. The van der Waals surface area contributed by atoms with E-state index < -0.39 is 5.41 Å². The smallest absolute Gasteiger partial charge is 0.151 e. The number of piperidine rings is 2. The second-order valence-corrected chi connectivity index (χ2v) is 6.12. The van der Waals surface area contributed by atoms with E-state index in [1.807, 2.05) is 6.07 Å². The zero-order chi connectivity index (χ0) is 13.0. The number of benzene rings is 1. The van der Waals surface area contributed by atoms with Gasteiger partial charge in [-0.1, -0.05) is 12.1 Å². The lowest BCUT2D eigenvalue weighted by molar-refractivity contribution is -0.137. The third-order valence-corrected chi connectivity index (χ3v) is 4.90. The van der Waals surface area contributed by atoms with Gasteiger partial charge >= 0.3 is 0 Å². The van der Waals surface area contributed by atoms with Crippen LogP contribution < -0.4 is 0 Å². The number of halogens is 1. The average molecular weight is 260 g/mol. The fourth-order valence-electron chi connectivity index (χ4n) is 4.07. The Kier molecular flexibility index (Phi) is 2.35. The Morgan fingerprint density at radius 2 is 1.84 bits per heavy atom. The first-order valence-electron chi connectivity index (χ1n) is 6.92. The zero-order valence-electron chi connectivity index (χ0n) is 10.8. The molecule has 1 aromatic rings. The second kappa shape index (κ2) is 3.87. The Bertz CT molecular complexity index is 529. The third kappa shape index (κ3) is 1.60. The van der Waals surface area contributed by atoms with Crippen LogP contribution in [0.1, 0.15) is 5.56 Å². The van der Waals surface area contributed by atoms with Crippen LogP contribution in [0.5, 0.6) is 0 Å². The van der Waals surface area contributed by atoms with Gasteiger partial charge in [0.15, 0.2) is 5.78 Å². The van der Waals surface area contributed by atoms with Crippen LogP contribution in [0, 0.1) is 11.7 Å². The molecular weight excluding hydrogens is 243 g/mol. The molecule has 0 radical (unpaired) electrons. The van der Waals surface area contributed by atoms with Gasteiger partial charge in [-0.15, -0.1) is 0 Å². The summed E-state index contributed by atoms with van der Waals surface area (Å²) in [6, 6.07) is 6.63. The fourth-order valence-corrected chi connectivity index (χ4v) is 4.07. The summed E-state index contributed by atoms with van der Waals surface area (Å²) in [5, 5.41) is 0. The van der Waals surface area contributed by atoms with Crippen LogP contribution in [0.4, 0.5) is 4.39 Å². The van der Waals surface area contributed by atoms with Crippen LogP contribution in [-0.2, 0) is 10.2 Å². The highest BCUT2D eigenvalue weighted by Crippen LogP contribution is 2.40. The van der Waals surface area contributed by atoms with Crippen molar-refractivity contribution in [2.45, 2.75) is 5.41 Å². The van der Waals surface area contributed by atoms with Crippen LogP contribution in [0.2, 0.25) is 0 Å². The highest BCUT2D eigenvalue weighted by molar-refractivity contribution is 5.94. The Balaban J connectivity index is 1.85. The number of Topliss-reactive ketones (excluding diaryl/α,β-unsaturated/α-hetero) is 1. The van der Waals surface area contributed by atoms with Gasteiger partial charge in [0.1, 0.15) is 5.82 Å². The molecule has 0 amide bonds. The Morgan fingerprint density at radius 1 is 1.16 bits per heavy atom. The molecule has 100 valence electrons. The zero-order valence-corrected chi connectivity index (χ0v) is 10.8.